The van der Waals surface area contributed by atoms with Gasteiger partial charge in [-0.3, -0.25) is 0 Å². The van der Waals surface area contributed by atoms with Crippen molar-refractivity contribution in [3.63, 3.8) is 0 Å². The Bertz CT molecular complexity index is 319. The molecule has 1 aliphatic rings. The maximum atomic E-state index is 13.0. The SMILES string of the molecule is Fc1cc(Cl)cc(NCC2CCOC2)c1. The number of anilines is 1. The Kier molecular flexibility index (Phi) is 3.44. The first kappa shape index (κ1) is 10.7. The summed E-state index contributed by atoms with van der Waals surface area (Å²) in [5.74, 6) is 0.208. The molecule has 0 aliphatic carbocycles. The van der Waals surface area contributed by atoms with Crippen LogP contribution >= 0.6 is 11.6 Å². The summed E-state index contributed by atoms with van der Waals surface area (Å²) in [5, 5.41) is 3.58. The monoisotopic (exact) mass is 229 g/mol. The van der Waals surface area contributed by atoms with E-state index in [0.717, 1.165) is 31.9 Å². The Morgan fingerprint density at radius 2 is 2.33 bits per heavy atom. The molecule has 0 radical (unpaired) electrons. The highest BCUT2D eigenvalue weighted by Crippen LogP contribution is 2.19. The van der Waals surface area contributed by atoms with Gasteiger partial charge in [-0.15, -0.1) is 0 Å². The molecule has 82 valence electrons. The lowest BCUT2D eigenvalue weighted by atomic mass is 10.1. The van der Waals surface area contributed by atoms with Gasteiger partial charge in [0, 0.05) is 29.8 Å². The molecule has 1 aromatic carbocycles. The van der Waals surface area contributed by atoms with Gasteiger partial charge in [0.1, 0.15) is 5.82 Å². The van der Waals surface area contributed by atoms with Crippen molar-refractivity contribution in [1.29, 1.82) is 0 Å². The van der Waals surface area contributed by atoms with Crippen molar-refractivity contribution in [1.82, 2.24) is 0 Å². The summed E-state index contributed by atoms with van der Waals surface area (Å²) >= 11 is 5.74. The molecule has 1 aliphatic heterocycles. The van der Waals surface area contributed by atoms with E-state index >= 15 is 0 Å². The van der Waals surface area contributed by atoms with Crippen molar-refractivity contribution in [2.24, 2.45) is 5.92 Å². The van der Waals surface area contributed by atoms with Gasteiger partial charge in [-0.05, 0) is 24.6 Å². The molecule has 1 atom stereocenters. The van der Waals surface area contributed by atoms with Crippen LogP contribution in [-0.2, 0) is 4.74 Å². The first-order valence-corrected chi connectivity index (χ1v) is 5.39. The van der Waals surface area contributed by atoms with E-state index in [4.69, 9.17) is 16.3 Å². The average molecular weight is 230 g/mol. The van der Waals surface area contributed by atoms with E-state index in [9.17, 15) is 4.39 Å². The Balaban J connectivity index is 1.92. The molecule has 0 spiro atoms. The highest BCUT2D eigenvalue weighted by molar-refractivity contribution is 6.30. The van der Waals surface area contributed by atoms with Crippen LogP contribution in [0.3, 0.4) is 0 Å². The van der Waals surface area contributed by atoms with Crippen LogP contribution in [0.5, 0.6) is 0 Å². The molecule has 1 N–H and O–H groups in total. The predicted octanol–water partition coefficient (Wildman–Crippen LogP) is 2.93. The zero-order valence-electron chi connectivity index (χ0n) is 8.30. The van der Waals surface area contributed by atoms with Crippen molar-refractivity contribution >= 4 is 17.3 Å². The van der Waals surface area contributed by atoms with Crippen LogP contribution in [0.2, 0.25) is 5.02 Å². The molecular formula is C11H13ClFNO. The number of benzene rings is 1. The normalized spacial score (nSPS) is 20.5. The van der Waals surface area contributed by atoms with E-state index < -0.39 is 0 Å². The average Bonchev–Trinajstić information content (AvgIpc) is 2.65. The first-order chi connectivity index (χ1) is 7.24. The summed E-state index contributed by atoms with van der Waals surface area (Å²) in [6.07, 6.45) is 1.07. The van der Waals surface area contributed by atoms with E-state index in [2.05, 4.69) is 5.32 Å². The number of halogens is 2. The van der Waals surface area contributed by atoms with Gasteiger partial charge in [-0.1, -0.05) is 11.6 Å². The maximum absolute atomic E-state index is 13.0. The van der Waals surface area contributed by atoms with E-state index in [0.29, 0.717) is 10.9 Å². The quantitative estimate of drug-likeness (QED) is 0.861. The van der Waals surface area contributed by atoms with Crippen LogP contribution in [-0.4, -0.2) is 19.8 Å². The summed E-state index contributed by atoms with van der Waals surface area (Å²) in [6.45, 7) is 2.42. The maximum Gasteiger partial charge on any atom is 0.126 e. The molecule has 15 heavy (non-hydrogen) atoms. The minimum Gasteiger partial charge on any atom is -0.385 e. The summed E-state index contributed by atoms with van der Waals surface area (Å²) in [7, 11) is 0. The van der Waals surface area contributed by atoms with Gasteiger partial charge >= 0.3 is 0 Å². The zero-order chi connectivity index (χ0) is 10.7. The Hall–Kier alpha value is -0.800. The Labute approximate surface area is 93.4 Å². The van der Waals surface area contributed by atoms with E-state index in [1.54, 1.807) is 6.07 Å². The molecule has 0 aromatic heterocycles. The summed E-state index contributed by atoms with van der Waals surface area (Å²) < 4.78 is 18.2. The van der Waals surface area contributed by atoms with Gasteiger partial charge in [0.05, 0.1) is 6.61 Å². The van der Waals surface area contributed by atoms with E-state index in [1.165, 1.54) is 12.1 Å². The minimum absolute atomic E-state index is 0.312. The van der Waals surface area contributed by atoms with Crippen molar-refractivity contribution in [2.45, 2.75) is 6.42 Å². The highest BCUT2D eigenvalue weighted by Gasteiger charge is 2.15. The summed E-state index contributed by atoms with van der Waals surface area (Å²) in [6, 6.07) is 4.47. The molecule has 2 nitrogen and oxygen atoms in total. The molecule has 1 unspecified atom stereocenters. The molecule has 0 bridgehead atoms. The van der Waals surface area contributed by atoms with Crippen molar-refractivity contribution in [3.8, 4) is 0 Å². The van der Waals surface area contributed by atoms with E-state index in [-0.39, 0.29) is 5.82 Å². The molecule has 1 saturated heterocycles. The largest absolute Gasteiger partial charge is 0.385 e. The van der Waals surface area contributed by atoms with Crippen molar-refractivity contribution < 1.29 is 9.13 Å². The van der Waals surface area contributed by atoms with Crippen molar-refractivity contribution in [2.75, 3.05) is 25.1 Å². The lowest BCUT2D eigenvalue weighted by Gasteiger charge is -2.10. The molecule has 1 fully saturated rings. The number of hydrogen-bond donors (Lipinski definition) is 1. The molecule has 1 aromatic rings. The van der Waals surface area contributed by atoms with E-state index in [1.807, 2.05) is 0 Å². The third-order valence-corrected chi connectivity index (χ3v) is 2.70. The standard InChI is InChI=1S/C11H13ClFNO/c12-9-3-10(13)5-11(4-9)14-6-8-1-2-15-7-8/h3-5,8,14H,1-2,6-7H2. The van der Waals surface area contributed by atoms with Crippen LogP contribution in [0.4, 0.5) is 10.1 Å². The summed E-state index contributed by atoms with van der Waals surface area (Å²) in [5.41, 5.74) is 0.729. The second-order valence-electron chi connectivity index (χ2n) is 3.77. The second-order valence-corrected chi connectivity index (χ2v) is 4.21. The highest BCUT2D eigenvalue weighted by atomic mass is 35.5. The lowest BCUT2D eigenvalue weighted by Crippen LogP contribution is -2.14. The van der Waals surface area contributed by atoms with Gasteiger partial charge < -0.3 is 10.1 Å². The number of hydrogen-bond acceptors (Lipinski definition) is 2. The number of ether oxygens (including phenoxy) is 1. The fraction of sp³-hybridized carbons (Fsp3) is 0.455. The van der Waals surface area contributed by atoms with Crippen LogP contribution in [0.1, 0.15) is 6.42 Å². The van der Waals surface area contributed by atoms with Gasteiger partial charge in [-0.25, -0.2) is 4.39 Å². The van der Waals surface area contributed by atoms with Crippen LogP contribution < -0.4 is 5.32 Å². The number of rotatable bonds is 3. The minimum atomic E-state index is -0.312. The second kappa shape index (κ2) is 4.81. The fourth-order valence-electron chi connectivity index (χ4n) is 1.66. The summed E-state index contributed by atoms with van der Waals surface area (Å²) in [4.78, 5) is 0. The first-order valence-electron chi connectivity index (χ1n) is 5.02. The molecule has 0 amide bonds. The van der Waals surface area contributed by atoms with Crippen LogP contribution in [0, 0.1) is 11.7 Å². The molecule has 2 rings (SSSR count). The number of nitrogens with one attached hydrogen (secondary N) is 1. The Morgan fingerprint density at radius 1 is 1.47 bits per heavy atom. The zero-order valence-corrected chi connectivity index (χ0v) is 9.06. The predicted molar refractivity (Wildman–Crippen MR) is 58.8 cm³/mol. The molecule has 1 heterocycles. The topological polar surface area (TPSA) is 21.3 Å². The van der Waals surface area contributed by atoms with Crippen LogP contribution in [0.25, 0.3) is 0 Å². The molecule has 4 heteroatoms. The van der Waals surface area contributed by atoms with Crippen molar-refractivity contribution in [3.05, 3.63) is 29.0 Å². The Morgan fingerprint density at radius 3 is 3.00 bits per heavy atom. The van der Waals surface area contributed by atoms with Gasteiger partial charge in [-0.2, -0.15) is 0 Å². The molecule has 0 saturated carbocycles. The third kappa shape index (κ3) is 3.08. The van der Waals surface area contributed by atoms with Crippen LogP contribution in [0.15, 0.2) is 18.2 Å². The third-order valence-electron chi connectivity index (χ3n) is 2.48. The van der Waals surface area contributed by atoms with Gasteiger partial charge in [0.2, 0.25) is 0 Å². The molecular weight excluding hydrogens is 217 g/mol. The fourth-order valence-corrected chi connectivity index (χ4v) is 1.88. The lowest BCUT2D eigenvalue weighted by molar-refractivity contribution is 0.187. The van der Waals surface area contributed by atoms with Gasteiger partial charge in [0.25, 0.3) is 0 Å². The smallest absolute Gasteiger partial charge is 0.126 e. The van der Waals surface area contributed by atoms with Gasteiger partial charge in [0.15, 0.2) is 0 Å².